The normalized spacial score (nSPS) is 17.8. The molecule has 0 fully saturated rings. The van der Waals surface area contributed by atoms with Gasteiger partial charge in [0.2, 0.25) is 0 Å². The zero-order chi connectivity index (χ0) is 17.3. The molecule has 0 spiro atoms. The van der Waals surface area contributed by atoms with Crippen LogP contribution in [0.5, 0.6) is 0 Å². The lowest BCUT2D eigenvalue weighted by molar-refractivity contribution is 0.388. The lowest BCUT2D eigenvalue weighted by atomic mass is 11.9. The maximum absolute atomic E-state index is 11.0. The fraction of sp³-hybridized carbons (Fsp3) is 1.00. The van der Waals surface area contributed by atoms with Gasteiger partial charge in [-0.15, -0.1) is 7.26 Å². The minimum atomic E-state index is -4.60. The van der Waals surface area contributed by atoms with E-state index in [4.69, 9.17) is 9.11 Å². The fourth-order valence-corrected chi connectivity index (χ4v) is 5.28. The second-order valence-corrected chi connectivity index (χ2v) is 17.5. The number of rotatable bonds is 4. The lowest BCUT2D eigenvalue weighted by Gasteiger charge is -2.31. The highest BCUT2D eigenvalue weighted by molar-refractivity contribution is 8.18. The molecule has 0 aliphatic rings. The zero-order valence-electron chi connectivity index (χ0n) is 11.8. The molecule has 0 bridgehead atoms. The molecule has 128 valence electrons. The molecule has 0 saturated carbocycles. The Hall–Kier alpha value is 0.0400. The van der Waals surface area contributed by atoms with Crippen LogP contribution in [0.4, 0.5) is 0 Å². The molecule has 20 heavy (non-hydrogen) atoms. The molecule has 10 nitrogen and oxygen atoms in total. The zero-order valence-corrected chi connectivity index (χ0v) is 15.1. The van der Waals surface area contributed by atoms with Crippen LogP contribution in [0, 0.1) is 0 Å². The molecule has 0 amide bonds. The van der Waals surface area contributed by atoms with Crippen molar-refractivity contribution in [2.24, 2.45) is 0 Å². The van der Waals surface area contributed by atoms with Gasteiger partial charge in [0.05, 0.1) is 0 Å². The van der Waals surface area contributed by atoms with Gasteiger partial charge in [-0.25, -0.2) is 8.42 Å². The van der Waals surface area contributed by atoms with Crippen LogP contribution in [0.3, 0.4) is 0 Å². The molecule has 0 saturated heterocycles. The largest absolute Gasteiger partial charge is 0.415 e. The molecule has 0 aromatic carbocycles. The standard InChI is InChI=1S/2C3H10O5S2/c2*1-10(2,3,7)8-9(4,5)6/h2*1-3H3,(H,4,5,6). The van der Waals surface area contributed by atoms with Crippen LogP contribution < -0.4 is 0 Å². The third-order valence-electron chi connectivity index (χ3n) is 0.636. The highest BCUT2D eigenvalue weighted by Crippen LogP contribution is 2.16. The summed E-state index contributed by atoms with van der Waals surface area (Å²) in [6.45, 7) is 0. The SMILES string of the molecule is CS(C)(C)(=O)OS(=O)(=O)O.CS(C)(C)(=O)OS(=O)(=O)O. The van der Waals surface area contributed by atoms with Gasteiger partial charge in [-0.3, -0.25) is 9.11 Å². The van der Waals surface area contributed by atoms with Crippen LogP contribution in [-0.4, -0.2) is 71.9 Å². The van der Waals surface area contributed by atoms with Gasteiger partial charge in [0, 0.05) is 37.5 Å². The molecule has 0 rings (SSSR count). The van der Waals surface area contributed by atoms with E-state index in [-0.39, 0.29) is 0 Å². The van der Waals surface area contributed by atoms with Gasteiger partial charge in [0.1, 0.15) is 0 Å². The molecule has 0 aromatic rings. The second kappa shape index (κ2) is 5.35. The van der Waals surface area contributed by atoms with Gasteiger partial charge < -0.3 is 0 Å². The average molecular weight is 380 g/mol. The maximum atomic E-state index is 11.0. The van der Waals surface area contributed by atoms with Crippen LogP contribution in [0.1, 0.15) is 0 Å². The highest BCUT2D eigenvalue weighted by Gasteiger charge is 2.21. The summed E-state index contributed by atoms with van der Waals surface area (Å²) >= 11 is 0. The highest BCUT2D eigenvalue weighted by atomic mass is 32.3. The second-order valence-electron chi connectivity index (χ2n) is 5.58. The fourth-order valence-electron chi connectivity index (χ4n) is 0.586. The van der Waals surface area contributed by atoms with E-state index in [0.29, 0.717) is 0 Å². The van der Waals surface area contributed by atoms with E-state index in [9.17, 15) is 25.3 Å². The van der Waals surface area contributed by atoms with Crippen molar-refractivity contribution in [1.29, 1.82) is 0 Å². The Bertz CT molecular complexity index is 600. The van der Waals surface area contributed by atoms with Gasteiger partial charge in [0.25, 0.3) is 0 Å². The first-order valence-electron chi connectivity index (χ1n) is 4.48. The van der Waals surface area contributed by atoms with Gasteiger partial charge in [-0.1, -0.05) is 0 Å². The van der Waals surface area contributed by atoms with E-state index in [0.717, 1.165) is 37.5 Å². The number of hydrogen-bond acceptors (Lipinski definition) is 8. The van der Waals surface area contributed by atoms with Crippen molar-refractivity contribution in [1.82, 2.24) is 0 Å². The summed E-state index contributed by atoms with van der Waals surface area (Å²) in [4.78, 5) is 0. The van der Waals surface area contributed by atoms with Gasteiger partial charge >= 0.3 is 20.8 Å². The first-order chi connectivity index (χ1) is 7.92. The maximum Gasteiger partial charge on any atom is 0.415 e. The Morgan fingerprint density at radius 1 is 0.650 bits per heavy atom. The van der Waals surface area contributed by atoms with E-state index in [1.165, 1.54) is 0 Å². The molecule has 0 heterocycles. The van der Waals surface area contributed by atoms with Crippen molar-refractivity contribution >= 4 is 39.5 Å². The van der Waals surface area contributed by atoms with Crippen LogP contribution in [-0.2, 0) is 46.7 Å². The van der Waals surface area contributed by atoms with E-state index < -0.39 is 39.5 Å². The van der Waals surface area contributed by atoms with Crippen LogP contribution in [0.25, 0.3) is 0 Å². The molecule has 0 radical (unpaired) electrons. The topological polar surface area (TPSA) is 161 Å². The van der Waals surface area contributed by atoms with E-state index in [1.807, 2.05) is 0 Å². The van der Waals surface area contributed by atoms with Gasteiger partial charge in [-0.2, -0.15) is 35.5 Å². The Morgan fingerprint density at radius 2 is 0.800 bits per heavy atom. The predicted molar refractivity (Wildman–Crippen MR) is 77.1 cm³/mol. The molecular formula is C6H20O10S4. The Labute approximate surface area is 119 Å². The molecule has 2 N–H and O–H groups in total. The van der Waals surface area contributed by atoms with E-state index >= 15 is 0 Å². The molecule has 14 heteroatoms. The third kappa shape index (κ3) is 26.6. The Kier molecular flexibility index (Phi) is 5.97. The van der Waals surface area contributed by atoms with E-state index in [1.54, 1.807) is 0 Å². The minimum absolute atomic E-state index is 1.10. The van der Waals surface area contributed by atoms with Crippen molar-refractivity contribution in [2.75, 3.05) is 37.5 Å². The van der Waals surface area contributed by atoms with Crippen molar-refractivity contribution in [3.05, 3.63) is 0 Å². The summed E-state index contributed by atoms with van der Waals surface area (Å²) in [5.41, 5.74) is 0. The molecule has 0 unspecified atom stereocenters. The summed E-state index contributed by atoms with van der Waals surface area (Å²) in [6.07, 6.45) is 6.61. The van der Waals surface area contributed by atoms with Crippen LogP contribution in [0.2, 0.25) is 0 Å². The van der Waals surface area contributed by atoms with E-state index in [2.05, 4.69) is 7.26 Å². The van der Waals surface area contributed by atoms with Crippen molar-refractivity contribution in [3.8, 4) is 0 Å². The third-order valence-corrected chi connectivity index (χ3v) is 5.72. The van der Waals surface area contributed by atoms with Crippen LogP contribution in [0.15, 0.2) is 0 Å². The van der Waals surface area contributed by atoms with Crippen LogP contribution >= 0.6 is 0 Å². The summed E-state index contributed by atoms with van der Waals surface area (Å²) in [7, 11) is -16.4. The molecular weight excluding hydrogens is 360 g/mol. The summed E-state index contributed by atoms with van der Waals surface area (Å²) in [5, 5.41) is 0. The monoisotopic (exact) mass is 380 g/mol. The first kappa shape index (κ1) is 22.3. The molecule has 0 aliphatic carbocycles. The summed E-state index contributed by atoms with van der Waals surface area (Å²) in [5.74, 6) is 0. The minimum Gasteiger partial charge on any atom is -0.262 e. The quantitative estimate of drug-likeness (QED) is 0.570. The number of hydrogen-bond donors (Lipinski definition) is 2. The van der Waals surface area contributed by atoms with Gasteiger partial charge in [0.15, 0.2) is 0 Å². The Balaban J connectivity index is 0. The molecule has 0 aliphatic heterocycles. The van der Waals surface area contributed by atoms with Crippen molar-refractivity contribution < 1.29 is 41.6 Å². The molecule has 0 atom stereocenters. The first-order valence-corrected chi connectivity index (χ1v) is 13.4. The Morgan fingerprint density at radius 3 is 0.800 bits per heavy atom. The van der Waals surface area contributed by atoms with Crippen molar-refractivity contribution in [2.45, 2.75) is 0 Å². The summed E-state index contributed by atoms with van der Waals surface area (Å²) < 4.78 is 86.1. The van der Waals surface area contributed by atoms with Gasteiger partial charge in [-0.05, 0) is 0 Å². The summed E-state index contributed by atoms with van der Waals surface area (Å²) in [6, 6.07) is 0. The predicted octanol–water partition coefficient (Wildman–Crippen LogP) is -1.14. The molecule has 0 aromatic heterocycles. The average Bonchev–Trinajstić information content (AvgIpc) is 1.58. The lowest BCUT2D eigenvalue weighted by Crippen LogP contribution is -2.33. The smallest absolute Gasteiger partial charge is 0.262 e. The van der Waals surface area contributed by atoms with Crippen molar-refractivity contribution in [3.63, 3.8) is 0 Å².